The number of benzene rings is 1. The van der Waals surface area contributed by atoms with Crippen LogP contribution in [0.1, 0.15) is 16.8 Å². The first kappa shape index (κ1) is 12.6. The Kier molecular flexibility index (Phi) is 3.56. The molecule has 0 aliphatic heterocycles. The quantitative estimate of drug-likeness (QED) is 0.922. The van der Waals surface area contributed by atoms with Gasteiger partial charge in [-0.1, -0.05) is 27.5 Å². The maximum Gasteiger partial charge on any atom is 0.138 e. The molecule has 0 unspecified atom stereocenters. The van der Waals surface area contributed by atoms with Crippen molar-refractivity contribution in [3.8, 4) is 5.69 Å². The van der Waals surface area contributed by atoms with Gasteiger partial charge in [-0.25, -0.2) is 4.68 Å². The van der Waals surface area contributed by atoms with Crippen LogP contribution in [0.4, 0.5) is 0 Å². The van der Waals surface area contributed by atoms with Gasteiger partial charge in [-0.3, -0.25) is 0 Å². The summed E-state index contributed by atoms with van der Waals surface area (Å²) in [5, 5.41) is 14.0. The highest BCUT2D eigenvalue weighted by atomic mass is 79.9. The molecule has 90 valence electrons. The second-order valence-electron chi connectivity index (χ2n) is 3.86. The van der Waals surface area contributed by atoms with Gasteiger partial charge in [0.2, 0.25) is 0 Å². The third-order valence-electron chi connectivity index (χ3n) is 2.67. The van der Waals surface area contributed by atoms with Gasteiger partial charge in [0.15, 0.2) is 0 Å². The van der Waals surface area contributed by atoms with Crippen LogP contribution in [0.25, 0.3) is 5.69 Å². The fraction of sp³-hybridized carbons (Fsp3) is 0.250. The Morgan fingerprint density at radius 3 is 2.65 bits per heavy atom. The van der Waals surface area contributed by atoms with Crippen LogP contribution in [0.5, 0.6) is 0 Å². The van der Waals surface area contributed by atoms with Crippen LogP contribution in [0.15, 0.2) is 22.7 Å². The Labute approximate surface area is 113 Å². The van der Waals surface area contributed by atoms with E-state index in [1.165, 1.54) is 0 Å². The second kappa shape index (κ2) is 4.80. The van der Waals surface area contributed by atoms with Crippen LogP contribution in [0, 0.1) is 13.8 Å². The molecule has 1 N–H and O–H groups in total. The van der Waals surface area contributed by atoms with Gasteiger partial charge in [0.25, 0.3) is 0 Å². The van der Waals surface area contributed by atoms with Crippen molar-refractivity contribution in [2.24, 2.45) is 0 Å². The highest BCUT2D eigenvalue weighted by Gasteiger charge is 2.14. The molecule has 0 aliphatic carbocycles. The fourth-order valence-corrected chi connectivity index (χ4v) is 2.53. The average molecular weight is 316 g/mol. The highest BCUT2D eigenvalue weighted by molar-refractivity contribution is 9.10. The van der Waals surface area contributed by atoms with E-state index in [4.69, 9.17) is 11.6 Å². The summed E-state index contributed by atoms with van der Waals surface area (Å²) in [5.74, 6) is 0. The summed E-state index contributed by atoms with van der Waals surface area (Å²) in [7, 11) is 0. The molecular weight excluding hydrogens is 304 g/mol. The number of aliphatic hydroxyl groups is 1. The Balaban J connectivity index is 2.61. The van der Waals surface area contributed by atoms with Crippen molar-refractivity contribution in [2.45, 2.75) is 20.5 Å². The van der Waals surface area contributed by atoms with Crippen molar-refractivity contribution in [3.05, 3.63) is 44.6 Å². The zero-order valence-corrected chi connectivity index (χ0v) is 11.9. The topological polar surface area (TPSA) is 38.0 Å². The number of aliphatic hydroxyl groups excluding tert-OH is 1. The molecule has 2 rings (SSSR count). The molecule has 0 bridgehead atoms. The molecular formula is C12H12BrClN2O. The van der Waals surface area contributed by atoms with E-state index in [0.29, 0.717) is 10.7 Å². The number of hydrogen-bond acceptors (Lipinski definition) is 2. The molecule has 0 saturated heterocycles. The number of halogens is 2. The summed E-state index contributed by atoms with van der Waals surface area (Å²) < 4.78 is 2.67. The summed E-state index contributed by atoms with van der Waals surface area (Å²) in [6, 6.07) is 5.88. The lowest BCUT2D eigenvalue weighted by Gasteiger charge is -2.07. The monoisotopic (exact) mass is 314 g/mol. The Morgan fingerprint density at radius 1 is 1.41 bits per heavy atom. The molecule has 0 saturated carbocycles. The number of aryl methyl sites for hydroxylation is 2. The first-order chi connectivity index (χ1) is 8.04. The predicted molar refractivity (Wildman–Crippen MR) is 71.7 cm³/mol. The van der Waals surface area contributed by atoms with E-state index in [-0.39, 0.29) is 6.61 Å². The molecule has 17 heavy (non-hydrogen) atoms. The standard InChI is InChI=1S/C12H12BrClN2O/c1-7-5-9(13)3-4-11(7)16-12(14)10(6-17)8(2)15-16/h3-5,17H,6H2,1-2H3. The SMILES string of the molecule is Cc1cc(Br)ccc1-n1nc(C)c(CO)c1Cl. The van der Waals surface area contributed by atoms with Gasteiger partial charge in [-0.05, 0) is 37.6 Å². The van der Waals surface area contributed by atoms with Crippen molar-refractivity contribution in [3.63, 3.8) is 0 Å². The van der Waals surface area contributed by atoms with E-state index in [1.807, 2.05) is 32.0 Å². The molecule has 1 aromatic heterocycles. The lowest BCUT2D eigenvalue weighted by molar-refractivity contribution is 0.281. The lowest BCUT2D eigenvalue weighted by Crippen LogP contribution is -1.99. The molecule has 3 nitrogen and oxygen atoms in total. The van der Waals surface area contributed by atoms with Crippen LogP contribution < -0.4 is 0 Å². The minimum atomic E-state index is -0.0970. The molecule has 0 amide bonds. The van der Waals surface area contributed by atoms with Crippen LogP contribution in [-0.4, -0.2) is 14.9 Å². The van der Waals surface area contributed by atoms with Crippen molar-refractivity contribution in [1.82, 2.24) is 9.78 Å². The molecule has 0 aliphatic rings. The first-order valence-electron chi connectivity index (χ1n) is 5.16. The molecule has 0 fully saturated rings. The van der Waals surface area contributed by atoms with Gasteiger partial charge >= 0.3 is 0 Å². The molecule has 0 spiro atoms. The van der Waals surface area contributed by atoms with Crippen molar-refractivity contribution < 1.29 is 5.11 Å². The zero-order chi connectivity index (χ0) is 12.6. The third kappa shape index (κ3) is 2.25. The molecule has 1 aromatic carbocycles. The van der Waals surface area contributed by atoms with Crippen molar-refractivity contribution in [1.29, 1.82) is 0 Å². The maximum atomic E-state index is 9.23. The van der Waals surface area contributed by atoms with E-state index in [0.717, 1.165) is 21.4 Å². The molecule has 2 aromatic rings. The molecule has 5 heteroatoms. The summed E-state index contributed by atoms with van der Waals surface area (Å²) in [6.07, 6.45) is 0. The molecule has 0 atom stereocenters. The predicted octanol–water partition coefficient (Wildman–Crippen LogP) is 3.40. The highest BCUT2D eigenvalue weighted by Crippen LogP contribution is 2.26. The van der Waals surface area contributed by atoms with Crippen LogP contribution >= 0.6 is 27.5 Å². The maximum absolute atomic E-state index is 9.23. The summed E-state index contributed by atoms with van der Waals surface area (Å²) in [5.41, 5.74) is 3.41. The van der Waals surface area contributed by atoms with Crippen LogP contribution in [-0.2, 0) is 6.61 Å². The van der Waals surface area contributed by atoms with Crippen LogP contribution in [0.2, 0.25) is 5.15 Å². The minimum absolute atomic E-state index is 0.0970. The molecule has 1 heterocycles. The largest absolute Gasteiger partial charge is 0.391 e. The average Bonchev–Trinajstić information content (AvgIpc) is 2.54. The minimum Gasteiger partial charge on any atom is -0.391 e. The number of rotatable bonds is 2. The van der Waals surface area contributed by atoms with E-state index >= 15 is 0 Å². The van der Waals surface area contributed by atoms with Crippen molar-refractivity contribution in [2.75, 3.05) is 0 Å². The van der Waals surface area contributed by atoms with Crippen LogP contribution in [0.3, 0.4) is 0 Å². The van der Waals surface area contributed by atoms with Gasteiger partial charge in [0.05, 0.1) is 18.0 Å². The summed E-state index contributed by atoms with van der Waals surface area (Å²) in [6.45, 7) is 3.73. The van der Waals surface area contributed by atoms with Gasteiger partial charge in [-0.2, -0.15) is 5.10 Å². The van der Waals surface area contributed by atoms with Crippen molar-refractivity contribution >= 4 is 27.5 Å². The third-order valence-corrected chi connectivity index (χ3v) is 3.55. The van der Waals surface area contributed by atoms with E-state index in [9.17, 15) is 5.11 Å². The van der Waals surface area contributed by atoms with E-state index < -0.39 is 0 Å². The smallest absolute Gasteiger partial charge is 0.138 e. The lowest BCUT2D eigenvalue weighted by atomic mass is 10.2. The van der Waals surface area contributed by atoms with E-state index in [1.54, 1.807) is 4.68 Å². The fourth-order valence-electron chi connectivity index (χ4n) is 1.73. The van der Waals surface area contributed by atoms with Gasteiger partial charge in [-0.15, -0.1) is 0 Å². The van der Waals surface area contributed by atoms with E-state index in [2.05, 4.69) is 21.0 Å². The Morgan fingerprint density at radius 2 is 2.12 bits per heavy atom. The number of nitrogens with zero attached hydrogens (tertiary/aromatic N) is 2. The zero-order valence-electron chi connectivity index (χ0n) is 9.54. The Hall–Kier alpha value is -0.840. The summed E-state index contributed by atoms with van der Waals surface area (Å²) in [4.78, 5) is 0. The van der Waals surface area contributed by atoms with Gasteiger partial charge in [0, 0.05) is 10.0 Å². The number of hydrogen-bond donors (Lipinski definition) is 1. The Bertz CT molecular complexity index is 566. The first-order valence-corrected chi connectivity index (χ1v) is 6.33. The van der Waals surface area contributed by atoms with Gasteiger partial charge in [0.1, 0.15) is 5.15 Å². The van der Waals surface area contributed by atoms with Gasteiger partial charge < -0.3 is 5.11 Å². The normalized spacial score (nSPS) is 10.9. The second-order valence-corrected chi connectivity index (χ2v) is 5.13. The molecule has 0 radical (unpaired) electrons. The summed E-state index contributed by atoms with van der Waals surface area (Å²) >= 11 is 9.62. The number of aromatic nitrogens is 2.